The molecule has 5 heteroatoms. The monoisotopic (exact) mass is 263 g/mol. The minimum atomic E-state index is 0.0718. The first kappa shape index (κ1) is 12.7. The van der Waals surface area contributed by atoms with Crippen molar-refractivity contribution in [2.75, 3.05) is 26.2 Å². The van der Waals surface area contributed by atoms with Crippen LogP contribution in [0.1, 0.15) is 41.8 Å². The third-order valence-corrected chi connectivity index (χ3v) is 4.76. The molecule has 0 radical (unpaired) electrons. The number of hydrogen-bond donors (Lipinski definition) is 1. The van der Waals surface area contributed by atoms with Crippen molar-refractivity contribution in [3.8, 4) is 0 Å². The van der Waals surface area contributed by atoms with Gasteiger partial charge >= 0.3 is 0 Å². The van der Waals surface area contributed by atoms with Gasteiger partial charge in [0, 0.05) is 13.1 Å². The van der Waals surface area contributed by atoms with Crippen LogP contribution in [0.3, 0.4) is 0 Å². The Morgan fingerprint density at radius 2 is 2.00 bits per heavy atom. The maximum absolute atomic E-state index is 12.4. The van der Waals surface area contributed by atoms with Gasteiger partial charge in [-0.3, -0.25) is 4.79 Å². The highest BCUT2D eigenvalue weighted by Crippen LogP contribution is 2.39. The quantitative estimate of drug-likeness (QED) is 0.836. The summed E-state index contributed by atoms with van der Waals surface area (Å²) in [6.07, 6.45) is 6.30. The molecule has 0 bridgehead atoms. The second-order valence-electron chi connectivity index (χ2n) is 5.84. The molecule has 1 aromatic rings. The highest BCUT2D eigenvalue weighted by Gasteiger charge is 2.37. The van der Waals surface area contributed by atoms with E-state index >= 15 is 0 Å². The Morgan fingerprint density at radius 1 is 1.32 bits per heavy atom. The first-order chi connectivity index (χ1) is 9.20. The Hall–Kier alpha value is -1.36. The minimum absolute atomic E-state index is 0.0718. The number of carbonyl (C=O) groups is 1. The summed E-state index contributed by atoms with van der Waals surface area (Å²) in [5.74, 6) is 0.690. The molecular weight excluding hydrogens is 242 g/mol. The molecule has 3 rings (SSSR count). The predicted octanol–water partition coefficient (Wildman–Crippen LogP) is 1.59. The Kier molecular flexibility index (Phi) is 3.31. The summed E-state index contributed by atoms with van der Waals surface area (Å²) in [6.45, 7) is 5.77. The van der Waals surface area contributed by atoms with Crippen LogP contribution in [-0.4, -0.2) is 42.1 Å². The van der Waals surface area contributed by atoms with Crippen LogP contribution in [0.2, 0.25) is 0 Å². The maximum Gasteiger partial charge on any atom is 0.259 e. The van der Waals surface area contributed by atoms with E-state index in [2.05, 4.69) is 10.5 Å². The van der Waals surface area contributed by atoms with Crippen molar-refractivity contribution in [1.29, 1.82) is 0 Å². The van der Waals surface area contributed by atoms with Crippen LogP contribution in [0, 0.1) is 12.3 Å². The minimum Gasteiger partial charge on any atom is -0.361 e. The summed E-state index contributed by atoms with van der Waals surface area (Å²) in [7, 11) is 0. The number of hydrogen-bond acceptors (Lipinski definition) is 4. The third-order valence-electron chi connectivity index (χ3n) is 4.76. The fourth-order valence-corrected chi connectivity index (χ4v) is 3.32. The Morgan fingerprint density at radius 3 is 2.58 bits per heavy atom. The zero-order chi connectivity index (χ0) is 13.3. The molecule has 5 nitrogen and oxygen atoms in total. The van der Waals surface area contributed by atoms with Crippen molar-refractivity contribution in [1.82, 2.24) is 15.4 Å². The van der Waals surface area contributed by atoms with Gasteiger partial charge in [-0.1, -0.05) is 5.16 Å². The average Bonchev–Trinajstić information content (AvgIpc) is 2.86. The number of amides is 1. The van der Waals surface area contributed by atoms with Gasteiger partial charge in [-0.15, -0.1) is 0 Å². The van der Waals surface area contributed by atoms with Gasteiger partial charge < -0.3 is 14.7 Å². The predicted molar refractivity (Wildman–Crippen MR) is 70.9 cm³/mol. The fraction of sp³-hybridized carbons (Fsp3) is 0.714. The molecule has 1 N–H and O–H groups in total. The lowest BCUT2D eigenvalue weighted by Gasteiger charge is -2.44. The molecule has 1 spiro atoms. The number of carbonyl (C=O) groups excluding carboxylic acids is 1. The molecular formula is C14H21N3O2. The van der Waals surface area contributed by atoms with E-state index in [0.717, 1.165) is 39.0 Å². The Bertz CT molecular complexity index is 453. The lowest BCUT2D eigenvalue weighted by Crippen LogP contribution is -2.47. The van der Waals surface area contributed by atoms with E-state index < -0.39 is 0 Å². The van der Waals surface area contributed by atoms with E-state index in [-0.39, 0.29) is 5.91 Å². The summed E-state index contributed by atoms with van der Waals surface area (Å²) in [5, 5.41) is 7.11. The number of likely N-dealkylation sites (tertiary alicyclic amines) is 1. The molecule has 2 aliphatic heterocycles. The van der Waals surface area contributed by atoms with Crippen LogP contribution in [0.15, 0.2) is 10.7 Å². The molecule has 3 heterocycles. The highest BCUT2D eigenvalue weighted by molar-refractivity contribution is 5.94. The number of piperidine rings is 2. The van der Waals surface area contributed by atoms with Crippen LogP contribution in [-0.2, 0) is 0 Å². The van der Waals surface area contributed by atoms with Gasteiger partial charge in [-0.25, -0.2) is 0 Å². The van der Waals surface area contributed by atoms with Crippen molar-refractivity contribution in [3.63, 3.8) is 0 Å². The van der Waals surface area contributed by atoms with Crippen molar-refractivity contribution in [2.45, 2.75) is 32.6 Å². The van der Waals surface area contributed by atoms with E-state index in [9.17, 15) is 4.79 Å². The molecule has 1 aromatic heterocycles. The van der Waals surface area contributed by atoms with E-state index in [1.807, 2.05) is 4.90 Å². The zero-order valence-corrected chi connectivity index (χ0v) is 11.4. The van der Waals surface area contributed by atoms with E-state index in [0.29, 0.717) is 16.7 Å². The molecule has 0 atom stereocenters. The number of nitrogens with zero attached hydrogens (tertiary/aromatic N) is 2. The molecule has 2 aliphatic rings. The SMILES string of the molecule is Cc1oncc1C(=O)N1CCC2(CCNCC2)CC1. The largest absolute Gasteiger partial charge is 0.361 e. The third kappa shape index (κ3) is 2.39. The van der Waals surface area contributed by atoms with Gasteiger partial charge in [-0.2, -0.15) is 0 Å². The number of rotatable bonds is 1. The maximum atomic E-state index is 12.4. The van der Waals surface area contributed by atoms with Crippen LogP contribution in [0.4, 0.5) is 0 Å². The molecule has 1 amide bonds. The summed E-state index contributed by atoms with van der Waals surface area (Å²) in [6, 6.07) is 0. The smallest absolute Gasteiger partial charge is 0.259 e. The Labute approximate surface area is 113 Å². The molecule has 2 saturated heterocycles. The number of nitrogens with one attached hydrogen (secondary N) is 1. The summed E-state index contributed by atoms with van der Waals surface area (Å²) < 4.78 is 4.98. The lowest BCUT2D eigenvalue weighted by molar-refractivity contribution is 0.0494. The first-order valence-corrected chi connectivity index (χ1v) is 7.12. The summed E-state index contributed by atoms with van der Waals surface area (Å²) in [5.41, 5.74) is 1.09. The van der Waals surface area contributed by atoms with Crippen LogP contribution >= 0.6 is 0 Å². The molecule has 0 unspecified atom stereocenters. The summed E-state index contributed by atoms with van der Waals surface area (Å²) >= 11 is 0. The lowest BCUT2D eigenvalue weighted by atomic mass is 9.71. The van der Waals surface area contributed by atoms with Crippen LogP contribution in [0.25, 0.3) is 0 Å². The van der Waals surface area contributed by atoms with Gasteiger partial charge in [0.2, 0.25) is 0 Å². The van der Waals surface area contributed by atoms with Gasteiger partial charge in [0.05, 0.1) is 6.20 Å². The second-order valence-corrected chi connectivity index (χ2v) is 5.84. The second kappa shape index (κ2) is 4.96. The van der Waals surface area contributed by atoms with Gasteiger partial charge in [-0.05, 0) is 51.1 Å². The zero-order valence-electron chi connectivity index (χ0n) is 11.4. The molecule has 0 aromatic carbocycles. The standard InChI is InChI=1S/C14H21N3O2/c1-11-12(10-16-19-11)13(18)17-8-4-14(5-9-17)2-6-15-7-3-14/h10,15H,2-9H2,1H3. The first-order valence-electron chi connectivity index (χ1n) is 7.12. The van der Waals surface area contributed by atoms with Crippen molar-refractivity contribution in [2.24, 2.45) is 5.41 Å². The molecule has 104 valence electrons. The number of aryl methyl sites for hydroxylation is 1. The van der Waals surface area contributed by atoms with Gasteiger partial charge in [0.25, 0.3) is 5.91 Å². The van der Waals surface area contributed by atoms with E-state index in [1.54, 1.807) is 6.92 Å². The fourth-order valence-electron chi connectivity index (χ4n) is 3.32. The normalized spacial score (nSPS) is 22.7. The topological polar surface area (TPSA) is 58.4 Å². The van der Waals surface area contributed by atoms with Crippen LogP contribution < -0.4 is 5.32 Å². The Balaban J connectivity index is 1.64. The average molecular weight is 263 g/mol. The number of aromatic nitrogens is 1. The molecule has 19 heavy (non-hydrogen) atoms. The van der Waals surface area contributed by atoms with E-state index in [4.69, 9.17) is 4.52 Å². The van der Waals surface area contributed by atoms with Crippen LogP contribution in [0.5, 0.6) is 0 Å². The highest BCUT2D eigenvalue weighted by atomic mass is 16.5. The molecule has 2 fully saturated rings. The van der Waals surface area contributed by atoms with Crippen molar-refractivity contribution in [3.05, 3.63) is 17.5 Å². The molecule has 0 aliphatic carbocycles. The van der Waals surface area contributed by atoms with Crippen molar-refractivity contribution < 1.29 is 9.32 Å². The van der Waals surface area contributed by atoms with Gasteiger partial charge in [0.15, 0.2) is 0 Å². The van der Waals surface area contributed by atoms with Gasteiger partial charge in [0.1, 0.15) is 11.3 Å². The molecule has 0 saturated carbocycles. The summed E-state index contributed by atoms with van der Waals surface area (Å²) in [4.78, 5) is 14.3. The van der Waals surface area contributed by atoms with Crippen molar-refractivity contribution >= 4 is 5.91 Å². The van der Waals surface area contributed by atoms with E-state index in [1.165, 1.54) is 19.0 Å².